The second kappa shape index (κ2) is 7.11. The summed E-state index contributed by atoms with van der Waals surface area (Å²) in [4.78, 5) is 13.1. The van der Waals surface area contributed by atoms with E-state index in [1.165, 1.54) is 5.56 Å². The van der Waals surface area contributed by atoms with E-state index in [9.17, 15) is 0 Å². The van der Waals surface area contributed by atoms with Crippen LogP contribution in [-0.4, -0.2) is 19.4 Å². The number of hydrogen-bond donors (Lipinski definition) is 0. The molecule has 0 bridgehead atoms. The van der Waals surface area contributed by atoms with E-state index in [2.05, 4.69) is 20.3 Å². The third-order valence-corrected chi connectivity index (χ3v) is 4.48. The van der Waals surface area contributed by atoms with Crippen LogP contribution < -0.4 is 0 Å². The number of thiazole rings is 1. The molecule has 4 rings (SSSR count). The lowest BCUT2D eigenvalue weighted by molar-refractivity contribution is 1.10. The zero-order valence-corrected chi connectivity index (χ0v) is 15.3. The predicted molar refractivity (Wildman–Crippen MR) is 99.8 cm³/mol. The molecule has 0 atom stereocenters. The summed E-state index contributed by atoms with van der Waals surface area (Å²) in [5, 5.41) is 3.92. The predicted octanol–water partition coefficient (Wildman–Crippen LogP) is 5.12. The number of imidazole rings is 1. The average Bonchev–Trinajstić information content (AvgIpc) is 3.13. The van der Waals surface area contributed by atoms with Gasteiger partial charge in [0.2, 0.25) is 5.78 Å². The number of halogens is 1. The first kappa shape index (κ1) is 16.6. The van der Waals surface area contributed by atoms with Crippen molar-refractivity contribution in [3.05, 3.63) is 69.4 Å². The van der Waals surface area contributed by atoms with Crippen molar-refractivity contribution >= 4 is 28.7 Å². The third kappa shape index (κ3) is 3.63. The highest BCUT2D eigenvalue weighted by Crippen LogP contribution is 2.25. The van der Waals surface area contributed by atoms with Gasteiger partial charge in [-0.15, -0.1) is 11.3 Å². The number of fused-ring (bicyclic) bond motifs is 1. The number of aryl methyl sites for hydroxylation is 3. The van der Waals surface area contributed by atoms with Gasteiger partial charge in [0, 0.05) is 22.8 Å². The van der Waals surface area contributed by atoms with Gasteiger partial charge in [0.05, 0.1) is 16.4 Å². The van der Waals surface area contributed by atoms with Gasteiger partial charge in [-0.25, -0.2) is 15.0 Å². The van der Waals surface area contributed by atoms with Crippen LogP contribution in [0.4, 0.5) is 0 Å². The lowest BCUT2D eigenvalue weighted by atomic mass is 10.2. The Bertz CT molecular complexity index is 936. The first-order chi connectivity index (χ1) is 11.5. The van der Waals surface area contributed by atoms with E-state index in [4.69, 9.17) is 11.6 Å². The van der Waals surface area contributed by atoms with Crippen LogP contribution in [0.2, 0.25) is 5.02 Å². The van der Waals surface area contributed by atoms with E-state index in [1.807, 2.05) is 61.7 Å². The maximum atomic E-state index is 5.61. The van der Waals surface area contributed by atoms with E-state index >= 15 is 0 Å². The van der Waals surface area contributed by atoms with E-state index < -0.39 is 0 Å². The zero-order chi connectivity index (χ0) is 17.1. The van der Waals surface area contributed by atoms with Gasteiger partial charge < -0.3 is 0 Å². The normalized spacial score (nSPS) is 10.5. The van der Waals surface area contributed by atoms with Crippen LogP contribution >= 0.6 is 22.9 Å². The van der Waals surface area contributed by atoms with Crippen LogP contribution in [0.5, 0.6) is 0 Å². The third-order valence-electron chi connectivity index (χ3n) is 3.45. The molecule has 0 aliphatic carbocycles. The van der Waals surface area contributed by atoms with E-state index in [-0.39, 0.29) is 0 Å². The molecule has 3 aromatic heterocycles. The van der Waals surface area contributed by atoms with Crippen LogP contribution in [0.25, 0.3) is 17.2 Å². The SMILES string of the molecule is Cc1ccc(Cl)cc1.Cc1nc(-c2c(C)nc3ncccn23)cs1. The fraction of sp³-hybridized carbons (Fsp3) is 0.167. The molecule has 0 spiro atoms. The highest BCUT2D eigenvalue weighted by molar-refractivity contribution is 7.09. The van der Waals surface area contributed by atoms with Gasteiger partial charge >= 0.3 is 0 Å². The summed E-state index contributed by atoms with van der Waals surface area (Å²) >= 11 is 7.26. The molecule has 4 nitrogen and oxygen atoms in total. The van der Waals surface area contributed by atoms with Crippen molar-refractivity contribution in [3.8, 4) is 11.4 Å². The molecule has 0 saturated carbocycles. The molecular weight excluding hydrogens is 340 g/mol. The number of aromatic nitrogens is 4. The van der Waals surface area contributed by atoms with Crippen molar-refractivity contribution in [1.82, 2.24) is 19.4 Å². The highest BCUT2D eigenvalue weighted by atomic mass is 35.5. The van der Waals surface area contributed by atoms with Crippen molar-refractivity contribution in [2.75, 3.05) is 0 Å². The molecule has 1 aromatic carbocycles. The number of rotatable bonds is 1. The van der Waals surface area contributed by atoms with Crippen LogP contribution in [0.15, 0.2) is 48.1 Å². The second-order valence-electron chi connectivity index (χ2n) is 5.38. The summed E-state index contributed by atoms with van der Waals surface area (Å²) in [7, 11) is 0. The standard InChI is InChI=1S/C11H10N4S.C7H7Cl/c1-7-10(9-6-16-8(2)14-9)15-5-3-4-12-11(15)13-7;1-6-2-4-7(8)5-3-6/h3-6H,1-2H3;2-5H,1H3. The quantitative estimate of drug-likeness (QED) is 0.475. The van der Waals surface area contributed by atoms with Gasteiger partial charge in [0.1, 0.15) is 5.69 Å². The van der Waals surface area contributed by atoms with Gasteiger partial charge in [-0.2, -0.15) is 0 Å². The first-order valence-electron chi connectivity index (χ1n) is 7.49. The van der Waals surface area contributed by atoms with Crippen LogP contribution in [0.3, 0.4) is 0 Å². The molecule has 6 heteroatoms. The Morgan fingerprint density at radius 2 is 1.79 bits per heavy atom. The minimum Gasteiger partial charge on any atom is -0.282 e. The molecule has 122 valence electrons. The van der Waals surface area contributed by atoms with Gasteiger partial charge in [0.25, 0.3) is 0 Å². The Morgan fingerprint density at radius 1 is 1.04 bits per heavy atom. The molecule has 0 N–H and O–H groups in total. The molecule has 0 aliphatic rings. The zero-order valence-electron chi connectivity index (χ0n) is 13.7. The Labute approximate surface area is 149 Å². The topological polar surface area (TPSA) is 43.1 Å². The maximum absolute atomic E-state index is 5.61. The molecule has 24 heavy (non-hydrogen) atoms. The molecule has 4 aromatic rings. The first-order valence-corrected chi connectivity index (χ1v) is 8.74. The van der Waals surface area contributed by atoms with Crippen molar-refractivity contribution < 1.29 is 0 Å². The Morgan fingerprint density at radius 3 is 2.42 bits per heavy atom. The fourth-order valence-corrected chi connectivity index (χ4v) is 3.04. The Kier molecular flexibility index (Phi) is 4.92. The summed E-state index contributed by atoms with van der Waals surface area (Å²) in [5.41, 5.74) is 4.21. The lowest BCUT2D eigenvalue weighted by Gasteiger charge is -1.97. The Balaban J connectivity index is 0.000000179. The van der Waals surface area contributed by atoms with Gasteiger partial charge in [0.15, 0.2) is 0 Å². The monoisotopic (exact) mass is 356 g/mol. The Hall–Kier alpha value is -2.24. The van der Waals surface area contributed by atoms with Crippen molar-refractivity contribution in [1.29, 1.82) is 0 Å². The molecule has 0 saturated heterocycles. The van der Waals surface area contributed by atoms with E-state index in [1.54, 1.807) is 17.5 Å². The van der Waals surface area contributed by atoms with Crippen molar-refractivity contribution in [2.24, 2.45) is 0 Å². The maximum Gasteiger partial charge on any atom is 0.234 e. The molecule has 0 aliphatic heterocycles. The summed E-state index contributed by atoms with van der Waals surface area (Å²) in [5.74, 6) is 0.723. The molecule has 0 fully saturated rings. The van der Waals surface area contributed by atoms with Gasteiger partial charge in [-0.1, -0.05) is 29.3 Å². The smallest absolute Gasteiger partial charge is 0.234 e. The molecule has 0 amide bonds. The van der Waals surface area contributed by atoms with Crippen LogP contribution in [-0.2, 0) is 0 Å². The fourth-order valence-electron chi connectivity index (χ4n) is 2.31. The molecular formula is C18H17ClN4S. The minimum atomic E-state index is 0.723. The molecule has 3 heterocycles. The average molecular weight is 357 g/mol. The summed E-state index contributed by atoms with van der Waals surface area (Å²) in [6.45, 7) is 6.03. The lowest BCUT2D eigenvalue weighted by Crippen LogP contribution is -1.90. The number of hydrogen-bond acceptors (Lipinski definition) is 4. The summed E-state index contributed by atoms with van der Waals surface area (Å²) in [6, 6.07) is 9.65. The van der Waals surface area contributed by atoms with Crippen LogP contribution in [0, 0.1) is 20.8 Å². The van der Waals surface area contributed by atoms with Crippen molar-refractivity contribution in [3.63, 3.8) is 0 Å². The van der Waals surface area contributed by atoms with E-state index in [0.29, 0.717) is 0 Å². The minimum absolute atomic E-state index is 0.723. The number of nitrogens with zero attached hydrogens (tertiary/aromatic N) is 4. The van der Waals surface area contributed by atoms with Gasteiger partial charge in [-0.05, 0) is 39.0 Å². The summed E-state index contributed by atoms with van der Waals surface area (Å²) in [6.07, 6.45) is 3.71. The number of benzene rings is 1. The summed E-state index contributed by atoms with van der Waals surface area (Å²) < 4.78 is 1.98. The largest absolute Gasteiger partial charge is 0.282 e. The second-order valence-corrected chi connectivity index (χ2v) is 6.88. The molecule has 0 radical (unpaired) electrons. The van der Waals surface area contributed by atoms with Gasteiger partial charge in [-0.3, -0.25) is 4.40 Å². The highest BCUT2D eigenvalue weighted by Gasteiger charge is 2.13. The van der Waals surface area contributed by atoms with Crippen molar-refractivity contribution in [2.45, 2.75) is 20.8 Å². The molecule has 0 unspecified atom stereocenters. The van der Waals surface area contributed by atoms with E-state index in [0.717, 1.165) is 32.9 Å². The van der Waals surface area contributed by atoms with Crippen LogP contribution in [0.1, 0.15) is 16.3 Å².